The molecule has 198 valence electrons. The van der Waals surface area contributed by atoms with Crippen molar-refractivity contribution in [1.29, 1.82) is 0 Å². The number of nitrogens with one attached hydrogen (secondary N) is 2. The molecule has 2 bridgehead atoms. The van der Waals surface area contributed by atoms with Crippen molar-refractivity contribution in [1.82, 2.24) is 10.6 Å². The molecule has 4 fully saturated rings. The number of rotatable bonds is 8. The molecule has 4 saturated carbocycles. The molecule has 1 aromatic carbocycles. The van der Waals surface area contributed by atoms with Crippen LogP contribution in [0.25, 0.3) is 0 Å². The molecule has 4 aliphatic rings. The number of carbonyl (C=O) groups excluding carboxylic acids is 2. The summed E-state index contributed by atoms with van der Waals surface area (Å²) in [6.45, 7) is 5.15. The molecule has 7 heteroatoms. The first-order valence-electron chi connectivity index (χ1n) is 13.9. The third-order valence-corrected chi connectivity index (χ3v) is 9.52. The van der Waals surface area contributed by atoms with Crippen molar-refractivity contribution in [2.45, 2.75) is 90.2 Å². The van der Waals surface area contributed by atoms with Crippen LogP contribution >= 0.6 is 0 Å². The third kappa shape index (κ3) is 5.08. The summed E-state index contributed by atoms with van der Waals surface area (Å²) in [4.78, 5) is 26.8. The summed E-state index contributed by atoms with van der Waals surface area (Å²) in [6, 6.07) is 2.49. The van der Waals surface area contributed by atoms with Crippen LogP contribution in [0.3, 0.4) is 0 Å². The monoisotopic (exact) mass is 500 g/mol. The molecule has 0 aromatic heterocycles. The number of halogens is 1. The number of hydrogen-bond donors (Lipinski definition) is 2. The van der Waals surface area contributed by atoms with Crippen LogP contribution in [0.5, 0.6) is 11.5 Å². The molecule has 1 aromatic rings. The molecule has 0 saturated heterocycles. The molecule has 4 aliphatic carbocycles. The van der Waals surface area contributed by atoms with Gasteiger partial charge in [0.1, 0.15) is 5.75 Å². The second-order valence-corrected chi connectivity index (χ2v) is 12.2. The first kappa shape index (κ1) is 25.3. The minimum atomic E-state index is -0.524. The van der Waals surface area contributed by atoms with Crippen LogP contribution in [0.1, 0.15) is 88.4 Å². The average Bonchev–Trinajstić information content (AvgIpc) is 3.45. The summed E-state index contributed by atoms with van der Waals surface area (Å²) in [7, 11) is 1.43. The lowest BCUT2D eigenvalue weighted by molar-refractivity contribution is -0.128. The van der Waals surface area contributed by atoms with Gasteiger partial charge in [0.05, 0.1) is 24.7 Å². The van der Waals surface area contributed by atoms with Gasteiger partial charge in [-0.05, 0) is 87.0 Å². The van der Waals surface area contributed by atoms with Crippen LogP contribution in [0.15, 0.2) is 12.1 Å². The van der Waals surface area contributed by atoms with E-state index in [-0.39, 0.29) is 52.4 Å². The first-order valence-corrected chi connectivity index (χ1v) is 13.9. The Kier molecular flexibility index (Phi) is 7.19. The van der Waals surface area contributed by atoms with Crippen molar-refractivity contribution in [2.24, 2.45) is 29.1 Å². The Hall–Kier alpha value is -2.31. The van der Waals surface area contributed by atoms with Crippen molar-refractivity contribution < 1.29 is 23.5 Å². The van der Waals surface area contributed by atoms with Crippen molar-refractivity contribution in [3.8, 4) is 11.5 Å². The number of benzene rings is 1. The average molecular weight is 501 g/mol. The Morgan fingerprint density at radius 3 is 2.44 bits per heavy atom. The molecule has 36 heavy (non-hydrogen) atoms. The molecular formula is C29H41FN2O4. The second kappa shape index (κ2) is 10.2. The maximum atomic E-state index is 14.8. The molecule has 2 amide bonds. The number of hydrogen-bond acceptors (Lipinski definition) is 4. The highest BCUT2D eigenvalue weighted by Crippen LogP contribution is 2.49. The van der Waals surface area contributed by atoms with Gasteiger partial charge in [-0.25, -0.2) is 4.39 Å². The summed E-state index contributed by atoms with van der Waals surface area (Å²) in [5.74, 6) is 0.505. The zero-order chi connectivity index (χ0) is 25.4. The van der Waals surface area contributed by atoms with Gasteiger partial charge in [0, 0.05) is 18.7 Å². The van der Waals surface area contributed by atoms with Gasteiger partial charge in [-0.1, -0.05) is 20.3 Å². The van der Waals surface area contributed by atoms with E-state index >= 15 is 0 Å². The Labute approximate surface area is 214 Å². The van der Waals surface area contributed by atoms with Crippen LogP contribution in [0.4, 0.5) is 4.39 Å². The van der Waals surface area contributed by atoms with E-state index in [4.69, 9.17) is 9.47 Å². The standard InChI is InChI=1S/C29H41FN2O4/c1-17-5-9-20(10-6-17)36-24-14-21(23(35-3)15-22(24)30)27(33)32-26-19-8-7-18(13-19)25(26)28(34)31-16-29(2)11-4-12-29/h14-15,17-20,25-26H,4-13,16H2,1-3H3,(H,31,34)(H,32,33)/t17?,18-,19+,20?,25+,26-/m1/s1. The Morgan fingerprint density at radius 2 is 1.78 bits per heavy atom. The predicted molar refractivity (Wildman–Crippen MR) is 136 cm³/mol. The largest absolute Gasteiger partial charge is 0.496 e. The fourth-order valence-electron chi connectivity index (χ4n) is 6.98. The van der Waals surface area contributed by atoms with Crippen molar-refractivity contribution in [2.75, 3.05) is 13.7 Å². The molecule has 0 spiro atoms. The lowest BCUT2D eigenvalue weighted by atomic mass is 9.70. The molecular weight excluding hydrogens is 459 g/mol. The smallest absolute Gasteiger partial charge is 0.255 e. The fourth-order valence-corrected chi connectivity index (χ4v) is 6.98. The summed E-state index contributed by atoms with van der Waals surface area (Å²) in [6.07, 6.45) is 10.4. The SMILES string of the molecule is COc1cc(F)c(OC2CCC(C)CC2)cc1C(=O)N[C@@H]1[C@H]2CC[C@H](C2)[C@@H]1C(=O)NCC1(C)CCC1. The number of carbonyl (C=O) groups is 2. The van der Waals surface area contributed by atoms with E-state index in [1.54, 1.807) is 0 Å². The summed E-state index contributed by atoms with van der Waals surface area (Å²) in [5, 5.41) is 6.35. The predicted octanol–water partition coefficient (Wildman–Crippen LogP) is 5.24. The number of amides is 2. The van der Waals surface area contributed by atoms with Crippen LogP contribution in [0, 0.1) is 34.9 Å². The lowest BCUT2D eigenvalue weighted by Crippen LogP contribution is -2.51. The highest BCUT2D eigenvalue weighted by atomic mass is 19.1. The van der Waals surface area contributed by atoms with Crippen molar-refractivity contribution in [3.63, 3.8) is 0 Å². The molecule has 0 aliphatic heterocycles. The van der Waals surface area contributed by atoms with Gasteiger partial charge in [0.2, 0.25) is 5.91 Å². The van der Waals surface area contributed by atoms with Gasteiger partial charge in [-0.2, -0.15) is 0 Å². The molecule has 6 nitrogen and oxygen atoms in total. The fraction of sp³-hybridized carbons (Fsp3) is 0.724. The van der Waals surface area contributed by atoms with E-state index in [1.807, 2.05) is 0 Å². The minimum Gasteiger partial charge on any atom is -0.496 e. The van der Waals surface area contributed by atoms with E-state index in [0.29, 0.717) is 24.3 Å². The van der Waals surface area contributed by atoms with E-state index in [0.717, 1.165) is 57.8 Å². The molecule has 2 N–H and O–H groups in total. The molecule has 0 heterocycles. The van der Waals surface area contributed by atoms with Gasteiger partial charge in [-0.15, -0.1) is 0 Å². The number of fused-ring (bicyclic) bond motifs is 2. The molecule has 5 rings (SSSR count). The van der Waals surface area contributed by atoms with Gasteiger partial charge in [0.25, 0.3) is 5.91 Å². The Balaban J connectivity index is 1.30. The van der Waals surface area contributed by atoms with Crippen molar-refractivity contribution >= 4 is 11.8 Å². The maximum Gasteiger partial charge on any atom is 0.255 e. The lowest BCUT2D eigenvalue weighted by Gasteiger charge is -2.39. The first-order chi connectivity index (χ1) is 17.3. The highest BCUT2D eigenvalue weighted by Gasteiger charge is 2.51. The normalized spacial score (nSPS) is 32.4. The van der Waals surface area contributed by atoms with Crippen LogP contribution in [0.2, 0.25) is 0 Å². The van der Waals surface area contributed by atoms with E-state index in [1.165, 1.54) is 25.7 Å². The molecule has 0 unspecified atom stereocenters. The maximum absolute atomic E-state index is 14.8. The third-order valence-electron chi connectivity index (χ3n) is 9.52. The van der Waals surface area contributed by atoms with Crippen LogP contribution < -0.4 is 20.1 Å². The zero-order valence-corrected chi connectivity index (χ0v) is 21.9. The number of methoxy groups -OCH3 is 1. The van der Waals surface area contributed by atoms with E-state index < -0.39 is 5.82 Å². The van der Waals surface area contributed by atoms with Crippen molar-refractivity contribution in [3.05, 3.63) is 23.5 Å². The second-order valence-electron chi connectivity index (χ2n) is 12.2. The van der Waals surface area contributed by atoms with Crippen LogP contribution in [-0.4, -0.2) is 37.6 Å². The summed E-state index contributed by atoms with van der Waals surface area (Å²) in [5.41, 5.74) is 0.460. The van der Waals surface area contributed by atoms with E-state index in [9.17, 15) is 14.0 Å². The van der Waals surface area contributed by atoms with E-state index in [2.05, 4.69) is 24.5 Å². The molecule has 4 atom stereocenters. The quantitative estimate of drug-likeness (QED) is 0.512. The van der Waals surface area contributed by atoms with Gasteiger partial charge in [-0.3, -0.25) is 9.59 Å². The Morgan fingerprint density at radius 1 is 1.06 bits per heavy atom. The minimum absolute atomic E-state index is 0.0452. The molecule has 0 radical (unpaired) electrons. The number of ether oxygens (including phenoxy) is 2. The van der Waals surface area contributed by atoms with Gasteiger partial charge in [0.15, 0.2) is 11.6 Å². The van der Waals surface area contributed by atoms with Gasteiger partial charge < -0.3 is 20.1 Å². The summed E-state index contributed by atoms with van der Waals surface area (Å²) < 4.78 is 26.2. The highest BCUT2D eigenvalue weighted by molar-refractivity contribution is 5.98. The zero-order valence-electron chi connectivity index (χ0n) is 21.9. The van der Waals surface area contributed by atoms with Crippen LogP contribution in [-0.2, 0) is 4.79 Å². The Bertz CT molecular complexity index is 986. The topological polar surface area (TPSA) is 76.7 Å². The van der Waals surface area contributed by atoms with Gasteiger partial charge >= 0.3 is 0 Å². The summed E-state index contributed by atoms with van der Waals surface area (Å²) >= 11 is 0.